The van der Waals surface area contributed by atoms with Crippen LogP contribution in [0.15, 0.2) is 24.3 Å². The topological polar surface area (TPSA) is 65.2 Å². The minimum atomic E-state index is -0.726. The summed E-state index contributed by atoms with van der Waals surface area (Å²) in [4.78, 5) is 15.4. The first-order chi connectivity index (χ1) is 11.6. The van der Waals surface area contributed by atoms with Crippen molar-refractivity contribution < 1.29 is 18.3 Å². The third-order valence-electron chi connectivity index (χ3n) is 3.72. The zero-order chi connectivity index (χ0) is 17.1. The molecule has 6 heteroatoms. The van der Waals surface area contributed by atoms with Crippen molar-refractivity contribution in [3.8, 4) is 17.0 Å². The van der Waals surface area contributed by atoms with Gasteiger partial charge in [0.1, 0.15) is 17.3 Å². The van der Waals surface area contributed by atoms with Crippen LogP contribution >= 0.6 is 0 Å². The molecule has 1 aromatic carbocycles. The maximum Gasteiger partial charge on any atom is 0.267 e. The van der Waals surface area contributed by atoms with Crippen molar-refractivity contribution in [1.82, 2.24) is 4.98 Å². The van der Waals surface area contributed by atoms with Gasteiger partial charge in [-0.2, -0.15) is 0 Å². The van der Waals surface area contributed by atoms with Gasteiger partial charge < -0.3 is 10.5 Å². The highest BCUT2D eigenvalue weighted by atomic mass is 19.1. The Morgan fingerprint density at radius 1 is 1.08 bits per heavy atom. The summed E-state index contributed by atoms with van der Waals surface area (Å²) >= 11 is 0. The average molecular weight is 332 g/mol. The molecule has 1 aromatic heterocycles. The van der Waals surface area contributed by atoms with Gasteiger partial charge in [0, 0.05) is 17.2 Å². The van der Waals surface area contributed by atoms with Crippen LogP contribution in [-0.2, 0) is 6.42 Å². The summed E-state index contributed by atoms with van der Waals surface area (Å²) in [5.41, 5.74) is 6.61. The summed E-state index contributed by atoms with van der Waals surface area (Å²) in [7, 11) is 0. The number of carbonyl (C=O) groups excluding carboxylic acids is 1. The van der Waals surface area contributed by atoms with Crippen LogP contribution < -0.4 is 10.5 Å². The summed E-state index contributed by atoms with van der Waals surface area (Å²) in [6.45, 7) is 0.480. The molecule has 4 nitrogen and oxygen atoms in total. The maximum atomic E-state index is 14.0. The number of hydrogen-bond acceptors (Lipinski definition) is 3. The first-order valence-corrected chi connectivity index (χ1v) is 7.98. The number of rotatable bonds is 2. The van der Waals surface area contributed by atoms with E-state index >= 15 is 0 Å². The Balaban J connectivity index is 0.000000508. The first-order valence-electron chi connectivity index (χ1n) is 7.98. The van der Waals surface area contributed by atoms with Gasteiger partial charge in [-0.1, -0.05) is 19.3 Å². The van der Waals surface area contributed by atoms with E-state index in [4.69, 9.17) is 10.5 Å². The van der Waals surface area contributed by atoms with Crippen molar-refractivity contribution in [2.75, 3.05) is 6.61 Å². The molecular weight excluding hydrogens is 314 g/mol. The van der Waals surface area contributed by atoms with Gasteiger partial charge in [0.25, 0.3) is 5.91 Å². The number of aromatic nitrogens is 1. The number of pyridine rings is 1. The van der Waals surface area contributed by atoms with E-state index in [0.29, 0.717) is 24.2 Å². The van der Waals surface area contributed by atoms with Gasteiger partial charge in [0.05, 0.1) is 6.61 Å². The van der Waals surface area contributed by atoms with E-state index in [2.05, 4.69) is 4.98 Å². The molecule has 0 atom stereocenters. The summed E-state index contributed by atoms with van der Waals surface area (Å²) in [5, 5.41) is 0. The highest BCUT2D eigenvalue weighted by Gasteiger charge is 2.22. The second-order valence-corrected chi connectivity index (χ2v) is 5.84. The minimum Gasteiger partial charge on any atom is -0.477 e. The number of fused-ring (bicyclic) bond motifs is 1. The molecule has 2 aliphatic rings. The van der Waals surface area contributed by atoms with E-state index in [0.717, 1.165) is 12.5 Å². The Morgan fingerprint density at radius 3 is 2.46 bits per heavy atom. The SMILES string of the molecule is C1CC1.NC(=O)c1cc(-c2ccc(F)cc2F)c2c(n1)OCCC2. The molecule has 2 aromatic rings. The summed E-state index contributed by atoms with van der Waals surface area (Å²) in [5.74, 6) is -1.80. The zero-order valence-corrected chi connectivity index (χ0v) is 13.1. The molecule has 1 aliphatic heterocycles. The quantitative estimate of drug-likeness (QED) is 0.913. The molecule has 1 aliphatic carbocycles. The smallest absolute Gasteiger partial charge is 0.267 e. The molecule has 4 rings (SSSR count). The fourth-order valence-electron chi connectivity index (χ4n) is 2.40. The fourth-order valence-corrected chi connectivity index (χ4v) is 2.40. The van der Waals surface area contributed by atoms with Gasteiger partial charge >= 0.3 is 0 Å². The Kier molecular flexibility index (Phi) is 4.74. The maximum absolute atomic E-state index is 14.0. The molecule has 1 fully saturated rings. The minimum absolute atomic E-state index is 0.00521. The molecule has 0 spiro atoms. The van der Waals surface area contributed by atoms with Crippen molar-refractivity contribution >= 4 is 5.91 Å². The van der Waals surface area contributed by atoms with Crippen molar-refractivity contribution in [1.29, 1.82) is 0 Å². The van der Waals surface area contributed by atoms with Crippen LogP contribution in [0.2, 0.25) is 0 Å². The van der Waals surface area contributed by atoms with Crippen LogP contribution in [0.4, 0.5) is 8.78 Å². The third kappa shape index (κ3) is 3.69. The fraction of sp³-hybridized carbons (Fsp3) is 0.333. The highest BCUT2D eigenvalue weighted by molar-refractivity contribution is 5.93. The number of halogens is 2. The zero-order valence-electron chi connectivity index (χ0n) is 13.1. The largest absolute Gasteiger partial charge is 0.477 e. The van der Waals surface area contributed by atoms with Crippen LogP contribution in [-0.4, -0.2) is 17.5 Å². The molecular formula is C18H18F2N2O2. The van der Waals surface area contributed by atoms with Gasteiger partial charge in [-0.25, -0.2) is 13.8 Å². The van der Waals surface area contributed by atoms with E-state index in [1.807, 2.05) is 0 Å². The number of hydrogen-bond donors (Lipinski definition) is 1. The second-order valence-electron chi connectivity index (χ2n) is 5.84. The van der Waals surface area contributed by atoms with Crippen LogP contribution in [0.1, 0.15) is 41.7 Å². The molecule has 2 N–H and O–H groups in total. The summed E-state index contributed by atoms with van der Waals surface area (Å²) in [6, 6.07) is 4.72. The van der Waals surface area contributed by atoms with Crippen LogP contribution in [0.25, 0.3) is 11.1 Å². The average Bonchev–Trinajstić information content (AvgIpc) is 3.43. The number of carbonyl (C=O) groups is 1. The monoisotopic (exact) mass is 332 g/mol. The number of nitrogens with two attached hydrogens (primary N) is 1. The van der Waals surface area contributed by atoms with Crippen molar-refractivity contribution in [2.24, 2.45) is 5.73 Å². The standard InChI is InChI=1S/C15H12F2N2O2.C3H6/c16-8-3-4-9(12(17)6-8)11-7-13(14(18)20)19-15-10(11)2-1-5-21-15;1-2-3-1/h3-4,6-7H,1-2,5H2,(H2,18,20);1-3H2. The molecule has 126 valence electrons. The lowest BCUT2D eigenvalue weighted by molar-refractivity contribution is 0.0994. The molecule has 0 radical (unpaired) electrons. The van der Waals surface area contributed by atoms with E-state index in [-0.39, 0.29) is 17.1 Å². The Morgan fingerprint density at radius 2 is 1.83 bits per heavy atom. The van der Waals surface area contributed by atoms with Crippen molar-refractivity contribution in [3.05, 3.63) is 47.2 Å². The third-order valence-corrected chi connectivity index (χ3v) is 3.72. The molecule has 0 bridgehead atoms. The highest BCUT2D eigenvalue weighted by Crippen LogP contribution is 2.35. The second kappa shape index (κ2) is 6.95. The van der Waals surface area contributed by atoms with Gasteiger partial charge in [0.15, 0.2) is 0 Å². The van der Waals surface area contributed by atoms with Crippen LogP contribution in [0, 0.1) is 11.6 Å². The van der Waals surface area contributed by atoms with Crippen LogP contribution in [0.5, 0.6) is 5.88 Å². The molecule has 24 heavy (non-hydrogen) atoms. The normalized spacial score (nSPS) is 14.8. The predicted octanol–water partition coefficient (Wildman–Crippen LogP) is 3.62. The molecule has 0 unspecified atom stereocenters. The number of benzene rings is 1. The van der Waals surface area contributed by atoms with Gasteiger partial charge in [-0.05, 0) is 36.6 Å². The lowest BCUT2D eigenvalue weighted by Gasteiger charge is -2.20. The first kappa shape index (κ1) is 16.4. The summed E-state index contributed by atoms with van der Waals surface area (Å²) < 4.78 is 32.5. The molecule has 1 saturated carbocycles. The van der Waals surface area contributed by atoms with Gasteiger partial charge in [-0.15, -0.1) is 0 Å². The molecule has 0 saturated heterocycles. The van der Waals surface area contributed by atoms with Crippen LogP contribution in [0.3, 0.4) is 0 Å². The van der Waals surface area contributed by atoms with Crippen molar-refractivity contribution in [2.45, 2.75) is 32.1 Å². The summed E-state index contributed by atoms with van der Waals surface area (Å²) in [6.07, 6.45) is 5.91. The molecule has 2 heterocycles. The van der Waals surface area contributed by atoms with Crippen molar-refractivity contribution in [3.63, 3.8) is 0 Å². The number of nitrogens with zero attached hydrogens (tertiary/aromatic N) is 1. The molecule has 1 amide bonds. The number of ether oxygens (including phenoxy) is 1. The van der Waals surface area contributed by atoms with E-state index in [9.17, 15) is 13.6 Å². The Hall–Kier alpha value is -2.50. The Labute approximate surface area is 138 Å². The van der Waals surface area contributed by atoms with Gasteiger partial charge in [-0.3, -0.25) is 4.79 Å². The number of primary amides is 1. The Bertz CT molecular complexity index is 773. The van der Waals surface area contributed by atoms with E-state index in [1.165, 1.54) is 37.5 Å². The lowest BCUT2D eigenvalue weighted by Crippen LogP contribution is -2.18. The number of amides is 1. The van der Waals surface area contributed by atoms with Gasteiger partial charge in [0.2, 0.25) is 5.88 Å². The van der Waals surface area contributed by atoms with E-state index in [1.54, 1.807) is 0 Å². The predicted molar refractivity (Wildman–Crippen MR) is 85.8 cm³/mol. The van der Waals surface area contributed by atoms with E-state index < -0.39 is 17.5 Å². The lowest BCUT2D eigenvalue weighted by atomic mass is 9.95.